The van der Waals surface area contributed by atoms with Crippen LogP contribution < -0.4 is 5.32 Å². The molecule has 1 N–H and O–H groups in total. The Bertz CT molecular complexity index is 255. The first-order chi connectivity index (χ1) is 6.87. The molecule has 15 heavy (non-hydrogen) atoms. The molecule has 0 spiro atoms. The summed E-state index contributed by atoms with van der Waals surface area (Å²) in [4.78, 5) is 22.5. The Morgan fingerprint density at radius 3 is 2.67 bits per heavy atom. The summed E-state index contributed by atoms with van der Waals surface area (Å²) < 4.78 is 5.11. The average Bonchev–Trinajstić information content (AvgIpc) is 1.99. The Hall–Kier alpha value is -1.06. The van der Waals surface area contributed by atoms with Crippen molar-refractivity contribution in [2.24, 2.45) is 0 Å². The maximum atomic E-state index is 11.4. The molecule has 0 heterocycles. The van der Waals surface area contributed by atoms with Gasteiger partial charge >= 0.3 is 6.09 Å². The largest absolute Gasteiger partial charge is 0.444 e. The van der Waals surface area contributed by atoms with E-state index in [4.69, 9.17) is 4.74 Å². The highest BCUT2D eigenvalue weighted by molar-refractivity contribution is 5.80. The summed E-state index contributed by atoms with van der Waals surface area (Å²) in [5.74, 6) is 0.224. The summed E-state index contributed by atoms with van der Waals surface area (Å²) in [6.45, 7) is 5.45. The minimum absolute atomic E-state index is 0.0406. The second-order valence-corrected chi connectivity index (χ2v) is 4.98. The number of nitrogens with one attached hydrogen (secondary N) is 1. The zero-order valence-electron chi connectivity index (χ0n) is 9.63. The van der Waals surface area contributed by atoms with E-state index in [1.807, 2.05) is 20.8 Å². The first-order valence-corrected chi connectivity index (χ1v) is 5.38. The van der Waals surface area contributed by atoms with Gasteiger partial charge in [0.05, 0.1) is 0 Å². The van der Waals surface area contributed by atoms with Crippen LogP contribution in [-0.2, 0) is 9.53 Å². The van der Waals surface area contributed by atoms with Crippen molar-refractivity contribution in [1.29, 1.82) is 0 Å². The van der Waals surface area contributed by atoms with E-state index >= 15 is 0 Å². The summed E-state index contributed by atoms with van der Waals surface area (Å²) >= 11 is 0. The Balaban J connectivity index is 2.34. The molecule has 1 rings (SSSR count). The van der Waals surface area contributed by atoms with Crippen molar-refractivity contribution in [2.45, 2.75) is 58.1 Å². The molecule has 0 saturated heterocycles. The SMILES string of the molecule is CC(C)(C)OC(=O)N[C@@H]1CCCC(=O)C1. The smallest absolute Gasteiger partial charge is 0.407 e. The van der Waals surface area contributed by atoms with Crippen molar-refractivity contribution < 1.29 is 14.3 Å². The fourth-order valence-corrected chi connectivity index (χ4v) is 1.62. The van der Waals surface area contributed by atoms with Crippen LogP contribution in [0.2, 0.25) is 0 Å². The predicted octanol–water partition coefficient (Wildman–Crippen LogP) is 2.02. The maximum absolute atomic E-state index is 11.4. The molecule has 86 valence electrons. The van der Waals surface area contributed by atoms with Crippen LogP contribution in [-0.4, -0.2) is 23.5 Å². The first kappa shape index (κ1) is 12.0. The van der Waals surface area contributed by atoms with Gasteiger partial charge in [0.15, 0.2) is 0 Å². The molecule has 1 atom stereocenters. The van der Waals surface area contributed by atoms with Crippen LogP contribution in [0.5, 0.6) is 0 Å². The van der Waals surface area contributed by atoms with Crippen LogP contribution in [0.4, 0.5) is 4.79 Å². The second kappa shape index (κ2) is 4.64. The Labute approximate surface area is 90.4 Å². The number of alkyl carbamates (subject to hydrolysis) is 1. The number of hydrogen-bond acceptors (Lipinski definition) is 3. The molecular formula is C11H19NO3. The number of hydrogen-bond donors (Lipinski definition) is 1. The van der Waals surface area contributed by atoms with Gasteiger partial charge in [-0.15, -0.1) is 0 Å². The highest BCUT2D eigenvalue weighted by atomic mass is 16.6. The summed E-state index contributed by atoms with van der Waals surface area (Å²) in [6.07, 6.45) is 2.39. The second-order valence-electron chi connectivity index (χ2n) is 4.98. The van der Waals surface area contributed by atoms with Crippen LogP contribution in [0.3, 0.4) is 0 Å². The molecule has 4 nitrogen and oxygen atoms in total. The molecular weight excluding hydrogens is 194 g/mol. The lowest BCUT2D eigenvalue weighted by Crippen LogP contribution is -2.41. The Kier molecular flexibility index (Phi) is 3.72. The normalized spacial score (nSPS) is 22.3. The molecule has 1 aliphatic carbocycles. The standard InChI is InChI=1S/C11H19NO3/c1-11(2,3)15-10(14)12-8-5-4-6-9(13)7-8/h8H,4-7H2,1-3H3,(H,12,14)/t8-/m1/s1. The van der Waals surface area contributed by atoms with E-state index in [1.165, 1.54) is 0 Å². The molecule has 1 fully saturated rings. The molecule has 4 heteroatoms. The lowest BCUT2D eigenvalue weighted by Gasteiger charge is -2.25. The van der Waals surface area contributed by atoms with Crippen LogP contribution in [0.25, 0.3) is 0 Å². The van der Waals surface area contributed by atoms with Gasteiger partial charge in [-0.2, -0.15) is 0 Å². The molecule has 1 saturated carbocycles. The van der Waals surface area contributed by atoms with Gasteiger partial charge in [-0.1, -0.05) is 0 Å². The number of ketones is 1. The molecule has 1 aliphatic rings. The van der Waals surface area contributed by atoms with Crippen LogP contribution in [0, 0.1) is 0 Å². The lowest BCUT2D eigenvalue weighted by atomic mass is 9.94. The fourth-order valence-electron chi connectivity index (χ4n) is 1.62. The third kappa shape index (κ3) is 4.81. The zero-order chi connectivity index (χ0) is 11.5. The third-order valence-electron chi connectivity index (χ3n) is 2.20. The molecule has 0 radical (unpaired) electrons. The van der Waals surface area contributed by atoms with E-state index in [2.05, 4.69) is 5.32 Å². The molecule has 0 bridgehead atoms. The minimum Gasteiger partial charge on any atom is -0.444 e. The average molecular weight is 213 g/mol. The quantitative estimate of drug-likeness (QED) is 0.725. The van der Waals surface area contributed by atoms with Gasteiger partial charge in [0, 0.05) is 18.9 Å². The lowest BCUT2D eigenvalue weighted by molar-refractivity contribution is -0.120. The number of rotatable bonds is 1. The molecule has 0 aromatic rings. The van der Waals surface area contributed by atoms with Gasteiger partial charge in [0.2, 0.25) is 0 Å². The highest BCUT2D eigenvalue weighted by Crippen LogP contribution is 2.15. The first-order valence-electron chi connectivity index (χ1n) is 5.38. The van der Waals surface area contributed by atoms with E-state index < -0.39 is 11.7 Å². The fraction of sp³-hybridized carbons (Fsp3) is 0.818. The van der Waals surface area contributed by atoms with Crippen molar-refractivity contribution in [2.75, 3.05) is 0 Å². The monoisotopic (exact) mass is 213 g/mol. The van der Waals surface area contributed by atoms with Gasteiger partial charge in [-0.05, 0) is 33.6 Å². The summed E-state index contributed by atoms with van der Waals surface area (Å²) in [7, 11) is 0. The van der Waals surface area contributed by atoms with Gasteiger partial charge < -0.3 is 10.1 Å². The number of carbonyl (C=O) groups is 2. The van der Waals surface area contributed by atoms with Crippen LogP contribution in [0.1, 0.15) is 46.5 Å². The summed E-state index contributed by atoms with van der Waals surface area (Å²) in [5.41, 5.74) is -0.483. The van der Waals surface area contributed by atoms with Crippen molar-refractivity contribution in [3.05, 3.63) is 0 Å². The van der Waals surface area contributed by atoms with Crippen molar-refractivity contribution in [3.63, 3.8) is 0 Å². The number of carbonyl (C=O) groups excluding carboxylic acids is 2. The zero-order valence-corrected chi connectivity index (χ0v) is 9.63. The molecule has 0 aromatic heterocycles. The van der Waals surface area contributed by atoms with Crippen molar-refractivity contribution >= 4 is 11.9 Å². The van der Waals surface area contributed by atoms with Crippen LogP contribution in [0.15, 0.2) is 0 Å². The van der Waals surface area contributed by atoms with E-state index in [-0.39, 0.29) is 11.8 Å². The summed E-state index contributed by atoms with van der Waals surface area (Å²) in [6, 6.07) is -0.0406. The number of amides is 1. The molecule has 1 amide bonds. The Morgan fingerprint density at radius 2 is 2.13 bits per heavy atom. The van der Waals surface area contributed by atoms with Gasteiger partial charge in [0.1, 0.15) is 11.4 Å². The van der Waals surface area contributed by atoms with Gasteiger partial charge in [-0.3, -0.25) is 4.79 Å². The minimum atomic E-state index is -0.483. The Morgan fingerprint density at radius 1 is 1.47 bits per heavy atom. The summed E-state index contributed by atoms with van der Waals surface area (Å²) in [5, 5.41) is 2.72. The predicted molar refractivity (Wildman–Crippen MR) is 56.6 cm³/mol. The molecule has 0 unspecified atom stereocenters. The number of Topliss-reactive ketones (excluding diaryl/α,β-unsaturated/α-hetero) is 1. The van der Waals surface area contributed by atoms with Crippen molar-refractivity contribution in [3.8, 4) is 0 Å². The van der Waals surface area contributed by atoms with Crippen molar-refractivity contribution in [1.82, 2.24) is 5.32 Å². The van der Waals surface area contributed by atoms with E-state index in [9.17, 15) is 9.59 Å². The highest BCUT2D eigenvalue weighted by Gasteiger charge is 2.23. The number of ether oxygens (including phenoxy) is 1. The van der Waals surface area contributed by atoms with Gasteiger partial charge in [-0.25, -0.2) is 4.79 Å². The van der Waals surface area contributed by atoms with Gasteiger partial charge in [0.25, 0.3) is 0 Å². The topological polar surface area (TPSA) is 55.4 Å². The van der Waals surface area contributed by atoms with E-state index in [0.29, 0.717) is 12.8 Å². The maximum Gasteiger partial charge on any atom is 0.407 e. The van der Waals surface area contributed by atoms with Crippen LogP contribution >= 0.6 is 0 Å². The van der Waals surface area contributed by atoms with E-state index in [0.717, 1.165) is 12.8 Å². The third-order valence-corrected chi connectivity index (χ3v) is 2.20. The van der Waals surface area contributed by atoms with E-state index in [1.54, 1.807) is 0 Å². The molecule has 0 aliphatic heterocycles. The molecule has 0 aromatic carbocycles.